The number of carbonyl (C=O) groups excluding carboxylic acids is 1. The molecule has 0 unspecified atom stereocenters. The van der Waals surface area contributed by atoms with Gasteiger partial charge in [0.2, 0.25) is 11.5 Å². The Hall–Kier alpha value is -4.46. The number of hydrogen-bond donors (Lipinski definition) is 0. The molecule has 0 aliphatic carbocycles. The molecule has 0 atom stereocenters. The Kier molecular flexibility index (Phi) is 4.90. The predicted molar refractivity (Wildman–Crippen MR) is 121 cm³/mol. The summed E-state index contributed by atoms with van der Waals surface area (Å²) in [6.45, 7) is 0. The maximum Gasteiger partial charge on any atom is 0.379 e. The molecule has 3 aromatic carbocycles. The molecule has 2 heterocycles. The van der Waals surface area contributed by atoms with Gasteiger partial charge in [-0.25, -0.2) is 9.59 Å². The van der Waals surface area contributed by atoms with Crippen molar-refractivity contribution in [1.82, 2.24) is 0 Å². The topological polar surface area (TPSA) is 97.3 Å². The van der Waals surface area contributed by atoms with Crippen LogP contribution in [0, 0.1) is 0 Å². The molecule has 33 heavy (non-hydrogen) atoms. The van der Waals surface area contributed by atoms with Gasteiger partial charge in [0.15, 0.2) is 11.5 Å². The number of hydrogen-bond acceptors (Lipinski definition) is 8. The minimum Gasteiger partial charge on any atom is -0.493 e. The van der Waals surface area contributed by atoms with Crippen molar-refractivity contribution in [3.8, 4) is 23.0 Å². The van der Waals surface area contributed by atoms with Gasteiger partial charge < -0.3 is 27.8 Å². The van der Waals surface area contributed by atoms with Crippen molar-refractivity contribution < 1.29 is 32.6 Å². The fourth-order valence-electron chi connectivity index (χ4n) is 3.84. The Bertz CT molecular complexity index is 1560. The van der Waals surface area contributed by atoms with Crippen LogP contribution < -0.4 is 24.6 Å². The Balaban J connectivity index is 1.61. The van der Waals surface area contributed by atoms with Crippen molar-refractivity contribution in [3.63, 3.8) is 0 Å². The van der Waals surface area contributed by atoms with Crippen molar-refractivity contribution in [3.05, 3.63) is 70.8 Å². The quantitative estimate of drug-likeness (QED) is 0.162. The van der Waals surface area contributed by atoms with Gasteiger partial charge in [-0.2, -0.15) is 0 Å². The van der Waals surface area contributed by atoms with Gasteiger partial charge in [-0.3, -0.25) is 0 Å². The molecule has 0 amide bonds. The van der Waals surface area contributed by atoms with E-state index in [1.54, 1.807) is 24.3 Å². The highest BCUT2D eigenvalue weighted by molar-refractivity contribution is 6.10. The molecule has 2 aromatic heterocycles. The minimum absolute atomic E-state index is 0.0646. The number of esters is 1. The molecule has 0 aliphatic heterocycles. The van der Waals surface area contributed by atoms with Gasteiger partial charge in [0.05, 0.1) is 26.7 Å². The second kappa shape index (κ2) is 7.90. The second-order valence-corrected chi connectivity index (χ2v) is 7.15. The molecule has 8 heteroatoms. The van der Waals surface area contributed by atoms with E-state index in [4.69, 9.17) is 27.8 Å². The van der Waals surface area contributed by atoms with E-state index in [2.05, 4.69) is 0 Å². The summed E-state index contributed by atoms with van der Waals surface area (Å²) >= 11 is 0. The first-order chi connectivity index (χ1) is 16.0. The summed E-state index contributed by atoms with van der Waals surface area (Å²) in [5.74, 6) is 0.601. The predicted octanol–water partition coefficient (Wildman–Crippen LogP) is 4.94. The Morgan fingerprint density at radius 3 is 2.30 bits per heavy atom. The average molecular weight is 446 g/mol. The van der Waals surface area contributed by atoms with E-state index in [1.807, 2.05) is 18.2 Å². The normalized spacial score (nSPS) is 11.1. The first-order valence-corrected chi connectivity index (χ1v) is 9.94. The summed E-state index contributed by atoms with van der Waals surface area (Å²) in [6.07, 6.45) is 0. The molecule has 8 nitrogen and oxygen atoms in total. The van der Waals surface area contributed by atoms with Crippen LogP contribution in [0.4, 0.5) is 0 Å². The van der Waals surface area contributed by atoms with Crippen LogP contribution in [-0.4, -0.2) is 27.3 Å². The number of methoxy groups -OCH3 is 3. The van der Waals surface area contributed by atoms with E-state index in [9.17, 15) is 9.59 Å². The number of rotatable bonds is 5. The first-order valence-electron chi connectivity index (χ1n) is 9.94. The van der Waals surface area contributed by atoms with Crippen molar-refractivity contribution in [2.75, 3.05) is 21.3 Å². The number of furan rings is 1. The first kappa shape index (κ1) is 20.4. The molecule has 5 aromatic rings. The van der Waals surface area contributed by atoms with Crippen molar-refractivity contribution in [2.24, 2.45) is 0 Å². The zero-order valence-electron chi connectivity index (χ0n) is 18.0. The smallest absolute Gasteiger partial charge is 0.379 e. The molecule has 0 saturated carbocycles. The Morgan fingerprint density at radius 1 is 0.788 bits per heavy atom. The lowest BCUT2D eigenvalue weighted by atomic mass is 10.0. The summed E-state index contributed by atoms with van der Waals surface area (Å²) < 4.78 is 32.8. The van der Waals surface area contributed by atoms with Crippen LogP contribution in [0.15, 0.2) is 68.2 Å². The standard InChI is InChI=1S/C25H18O8/c1-28-19-12-16-21(23(30-3)22(19)29-2)15-9-8-14(11-18(15)33-24(16)26)31-25(27)20-10-13-6-4-5-7-17(13)32-20/h4-12H,1-3H3. The van der Waals surface area contributed by atoms with Gasteiger partial charge in [0, 0.05) is 22.2 Å². The monoisotopic (exact) mass is 446 g/mol. The summed E-state index contributed by atoms with van der Waals surface area (Å²) in [5, 5.41) is 2.13. The molecule has 0 spiro atoms. The summed E-state index contributed by atoms with van der Waals surface area (Å²) in [4.78, 5) is 25.3. The van der Waals surface area contributed by atoms with Gasteiger partial charge in [0.1, 0.15) is 16.9 Å². The lowest BCUT2D eigenvalue weighted by Crippen LogP contribution is -2.07. The second-order valence-electron chi connectivity index (χ2n) is 7.15. The molecule has 0 aliphatic rings. The van der Waals surface area contributed by atoms with Crippen LogP contribution in [0.25, 0.3) is 32.7 Å². The van der Waals surface area contributed by atoms with Gasteiger partial charge in [-0.05, 0) is 30.3 Å². The fourth-order valence-corrected chi connectivity index (χ4v) is 3.84. The number of ether oxygens (including phenoxy) is 4. The zero-order chi connectivity index (χ0) is 23.1. The number of carbonyl (C=O) groups is 1. The van der Waals surface area contributed by atoms with Crippen molar-refractivity contribution >= 4 is 38.7 Å². The minimum atomic E-state index is -0.669. The summed E-state index contributed by atoms with van der Waals surface area (Å²) in [7, 11) is 4.42. The fraction of sp³-hybridized carbons (Fsp3) is 0.120. The molecule has 0 radical (unpaired) electrons. The van der Waals surface area contributed by atoms with E-state index < -0.39 is 11.6 Å². The average Bonchev–Trinajstić information content (AvgIpc) is 3.27. The lowest BCUT2D eigenvalue weighted by molar-refractivity contribution is 0.0704. The van der Waals surface area contributed by atoms with E-state index in [-0.39, 0.29) is 22.5 Å². The molecule has 0 saturated heterocycles. The van der Waals surface area contributed by atoms with Crippen LogP contribution >= 0.6 is 0 Å². The third-order valence-corrected chi connectivity index (χ3v) is 5.31. The van der Waals surface area contributed by atoms with Crippen LogP contribution in [0.2, 0.25) is 0 Å². The Morgan fingerprint density at radius 2 is 1.58 bits per heavy atom. The SMILES string of the molecule is COc1cc2c(=O)oc3cc(OC(=O)c4cc5ccccc5o4)ccc3c2c(OC)c1OC. The van der Waals surface area contributed by atoms with E-state index in [0.717, 1.165) is 5.39 Å². The third kappa shape index (κ3) is 3.32. The number of benzene rings is 3. The van der Waals surface area contributed by atoms with Crippen LogP contribution in [-0.2, 0) is 0 Å². The molecular weight excluding hydrogens is 428 g/mol. The van der Waals surface area contributed by atoms with Gasteiger partial charge in [-0.1, -0.05) is 18.2 Å². The molecular formula is C25H18O8. The highest BCUT2D eigenvalue weighted by Crippen LogP contribution is 2.45. The highest BCUT2D eigenvalue weighted by atomic mass is 16.5. The van der Waals surface area contributed by atoms with E-state index in [1.165, 1.54) is 33.5 Å². The van der Waals surface area contributed by atoms with Crippen LogP contribution in [0.5, 0.6) is 23.0 Å². The van der Waals surface area contributed by atoms with Gasteiger partial charge in [0.25, 0.3) is 0 Å². The molecule has 0 fully saturated rings. The highest BCUT2D eigenvalue weighted by Gasteiger charge is 2.22. The van der Waals surface area contributed by atoms with Crippen molar-refractivity contribution in [2.45, 2.75) is 0 Å². The molecule has 0 N–H and O–H groups in total. The largest absolute Gasteiger partial charge is 0.493 e. The van der Waals surface area contributed by atoms with Gasteiger partial charge >= 0.3 is 11.6 Å². The maximum absolute atomic E-state index is 12.7. The molecule has 166 valence electrons. The van der Waals surface area contributed by atoms with E-state index in [0.29, 0.717) is 33.6 Å². The van der Waals surface area contributed by atoms with Crippen LogP contribution in [0.3, 0.4) is 0 Å². The lowest BCUT2D eigenvalue weighted by Gasteiger charge is -2.15. The maximum atomic E-state index is 12.7. The Labute approximate surface area is 186 Å². The molecule has 5 rings (SSSR count). The number of para-hydroxylation sites is 1. The third-order valence-electron chi connectivity index (χ3n) is 5.31. The summed E-state index contributed by atoms with van der Waals surface area (Å²) in [5.41, 5.74) is 0.197. The number of fused-ring (bicyclic) bond motifs is 4. The van der Waals surface area contributed by atoms with Crippen LogP contribution in [0.1, 0.15) is 10.6 Å². The van der Waals surface area contributed by atoms with Crippen molar-refractivity contribution in [1.29, 1.82) is 0 Å². The summed E-state index contributed by atoms with van der Waals surface area (Å²) in [6, 6.07) is 15.1. The van der Waals surface area contributed by atoms with E-state index >= 15 is 0 Å². The van der Waals surface area contributed by atoms with Gasteiger partial charge in [-0.15, -0.1) is 0 Å². The zero-order valence-corrected chi connectivity index (χ0v) is 18.0. The molecule has 0 bridgehead atoms.